The third kappa shape index (κ3) is 3.99. The summed E-state index contributed by atoms with van der Waals surface area (Å²) >= 11 is 2.09. The van der Waals surface area contributed by atoms with E-state index in [-0.39, 0.29) is 12.5 Å². The zero-order valence-corrected chi connectivity index (χ0v) is 13.2. The molecule has 0 atom stereocenters. The van der Waals surface area contributed by atoms with Gasteiger partial charge in [0.2, 0.25) is 5.91 Å². The standard InChI is InChI=1S/C13H16N2O3S2/c1-4-6-9(16)15-12-10(19-7-14)8(3)11(20-12)13(17)18-5-2/h4-6H2,1-3H3,(H,15,16). The molecule has 1 rings (SSSR count). The molecule has 0 spiro atoms. The van der Waals surface area contributed by atoms with Gasteiger partial charge in [-0.2, -0.15) is 5.26 Å². The summed E-state index contributed by atoms with van der Waals surface area (Å²) in [6, 6.07) is 0. The molecule has 0 bridgehead atoms. The molecule has 1 amide bonds. The zero-order chi connectivity index (χ0) is 15.1. The molecule has 0 radical (unpaired) electrons. The largest absolute Gasteiger partial charge is 0.462 e. The van der Waals surface area contributed by atoms with E-state index in [2.05, 4.69) is 5.32 Å². The minimum absolute atomic E-state index is 0.121. The van der Waals surface area contributed by atoms with E-state index >= 15 is 0 Å². The molecule has 7 heteroatoms. The van der Waals surface area contributed by atoms with Crippen molar-refractivity contribution in [3.05, 3.63) is 10.4 Å². The fourth-order valence-corrected chi connectivity index (χ4v) is 3.37. The molecule has 108 valence electrons. The van der Waals surface area contributed by atoms with Gasteiger partial charge in [-0.3, -0.25) is 4.79 Å². The van der Waals surface area contributed by atoms with Crippen molar-refractivity contribution in [2.24, 2.45) is 0 Å². The van der Waals surface area contributed by atoms with Crippen molar-refractivity contribution in [3.8, 4) is 5.40 Å². The first-order valence-corrected chi connectivity index (χ1v) is 7.84. The summed E-state index contributed by atoms with van der Waals surface area (Å²) in [5.74, 6) is -0.547. The quantitative estimate of drug-likeness (QED) is 0.493. The van der Waals surface area contributed by atoms with Gasteiger partial charge >= 0.3 is 5.97 Å². The number of esters is 1. The highest BCUT2D eigenvalue weighted by atomic mass is 32.2. The molecule has 5 nitrogen and oxygen atoms in total. The monoisotopic (exact) mass is 312 g/mol. The summed E-state index contributed by atoms with van der Waals surface area (Å²) in [7, 11) is 0. The molecule has 0 unspecified atom stereocenters. The van der Waals surface area contributed by atoms with Gasteiger partial charge in [-0.15, -0.1) is 11.3 Å². The molecule has 0 fully saturated rings. The molecule has 0 aromatic carbocycles. The normalized spacial score (nSPS) is 9.90. The molecular formula is C13H16N2O3S2. The molecule has 0 saturated heterocycles. The van der Waals surface area contributed by atoms with Crippen LogP contribution in [0.5, 0.6) is 0 Å². The number of thioether (sulfide) groups is 1. The Hall–Kier alpha value is -1.52. The van der Waals surface area contributed by atoms with Gasteiger partial charge in [-0.25, -0.2) is 4.79 Å². The third-order valence-corrected chi connectivity index (χ3v) is 4.55. The number of anilines is 1. The second-order valence-corrected chi connectivity index (χ2v) is 5.74. The van der Waals surface area contributed by atoms with Crippen LogP contribution in [0, 0.1) is 17.6 Å². The molecule has 1 N–H and O–H groups in total. The van der Waals surface area contributed by atoms with Crippen molar-refractivity contribution in [1.29, 1.82) is 5.26 Å². The lowest BCUT2D eigenvalue weighted by molar-refractivity contribution is -0.116. The highest BCUT2D eigenvalue weighted by Gasteiger charge is 2.22. The lowest BCUT2D eigenvalue weighted by Crippen LogP contribution is -2.09. The number of nitrogens with zero attached hydrogens (tertiary/aromatic N) is 1. The number of carbonyl (C=O) groups is 2. The highest BCUT2D eigenvalue weighted by Crippen LogP contribution is 2.40. The van der Waals surface area contributed by atoms with Gasteiger partial charge in [0.25, 0.3) is 0 Å². The van der Waals surface area contributed by atoms with Gasteiger partial charge in [0, 0.05) is 6.42 Å². The van der Waals surface area contributed by atoms with Crippen LogP contribution in [-0.2, 0) is 9.53 Å². The van der Waals surface area contributed by atoms with Crippen molar-refractivity contribution in [2.45, 2.75) is 38.5 Å². The maximum absolute atomic E-state index is 11.8. The van der Waals surface area contributed by atoms with Crippen molar-refractivity contribution in [2.75, 3.05) is 11.9 Å². The number of rotatable bonds is 6. The van der Waals surface area contributed by atoms with Crippen LogP contribution in [0.4, 0.5) is 5.00 Å². The maximum Gasteiger partial charge on any atom is 0.348 e. The molecule has 20 heavy (non-hydrogen) atoms. The van der Waals surface area contributed by atoms with E-state index < -0.39 is 5.97 Å². The van der Waals surface area contributed by atoms with Crippen LogP contribution < -0.4 is 5.32 Å². The van der Waals surface area contributed by atoms with Crippen LogP contribution in [0.1, 0.15) is 41.9 Å². The fourth-order valence-electron chi connectivity index (χ4n) is 1.56. The van der Waals surface area contributed by atoms with E-state index in [4.69, 9.17) is 10.00 Å². The number of hydrogen-bond donors (Lipinski definition) is 1. The smallest absolute Gasteiger partial charge is 0.348 e. The molecule has 1 aromatic rings. The topological polar surface area (TPSA) is 79.2 Å². The summed E-state index contributed by atoms with van der Waals surface area (Å²) in [5, 5.41) is 14.1. The van der Waals surface area contributed by atoms with Crippen LogP contribution in [0.25, 0.3) is 0 Å². The Bertz CT molecular complexity index is 547. The lowest BCUT2D eigenvalue weighted by atomic mass is 10.3. The number of nitrogens with one attached hydrogen (secondary N) is 1. The van der Waals surface area contributed by atoms with Gasteiger partial charge < -0.3 is 10.1 Å². The molecule has 1 aromatic heterocycles. The Morgan fingerprint density at radius 1 is 1.45 bits per heavy atom. The third-order valence-electron chi connectivity index (χ3n) is 2.43. The number of thiocyanates is 1. The van der Waals surface area contributed by atoms with Gasteiger partial charge in [0.1, 0.15) is 15.3 Å². The number of thiophene rings is 1. The van der Waals surface area contributed by atoms with E-state index in [0.29, 0.717) is 26.8 Å². The van der Waals surface area contributed by atoms with E-state index in [1.54, 1.807) is 13.8 Å². The Morgan fingerprint density at radius 3 is 2.70 bits per heavy atom. The summed E-state index contributed by atoms with van der Waals surface area (Å²) in [4.78, 5) is 24.5. The van der Waals surface area contributed by atoms with Gasteiger partial charge in [-0.05, 0) is 37.6 Å². The molecule has 0 aliphatic carbocycles. The Labute approximate surface area is 126 Å². The summed E-state index contributed by atoms with van der Waals surface area (Å²) in [6.45, 7) is 5.68. The molecular weight excluding hydrogens is 296 g/mol. The van der Waals surface area contributed by atoms with Crippen molar-refractivity contribution < 1.29 is 14.3 Å². The van der Waals surface area contributed by atoms with Crippen LogP contribution >= 0.6 is 23.1 Å². The molecule has 1 heterocycles. The van der Waals surface area contributed by atoms with Crippen molar-refractivity contribution in [1.82, 2.24) is 0 Å². The van der Waals surface area contributed by atoms with Gasteiger partial charge in [0.15, 0.2) is 0 Å². The van der Waals surface area contributed by atoms with E-state index in [9.17, 15) is 9.59 Å². The lowest BCUT2D eigenvalue weighted by Gasteiger charge is -2.02. The molecule has 0 aliphatic rings. The SMILES string of the molecule is CCCC(=O)Nc1sc(C(=O)OCC)c(C)c1SC#N. The summed E-state index contributed by atoms with van der Waals surface area (Å²) in [5.41, 5.74) is 0.673. The molecule has 0 saturated carbocycles. The predicted molar refractivity (Wildman–Crippen MR) is 80.0 cm³/mol. The number of hydrogen-bond acceptors (Lipinski definition) is 6. The zero-order valence-electron chi connectivity index (χ0n) is 11.6. The highest BCUT2D eigenvalue weighted by molar-refractivity contribution is 8.04. The van der Waals surface area contributed by atoms with Crippen molar-refractivity contribution in [3.63, 3.8) is 0 Å². The predicted octanol–water partition coefficient (Wildman–Crippen LogP) is 3.55. The maximum atomic E-state index is 11.8. The molecule has 0 aliphatic heterocycles. The van der Waals surface area contributed by atoms with Crippen LogP contribution in [0.2, 0.25) is 0 Å². The second kappa shape index (κ2) is 7.92. The van der Waals surface area contributed by atoms with E-state index in [0.717, 1.165) is 29.5 Å². The minimum atomic E-state index is -0.425. The first kappa shape index (κ1) is 16.5. The Kier molecular flexibility index (Phi) is 6.55. The Balaban J connectivity index is 3.09. The number of nitriles is 1. The second-order valence-electron chi connectivity index (χ2n) is 3.93. The minimum Gasteiger partial charge on any atom is -0.462 e. The Morgan fingerprint density at radius 2 is 2.15 bits per heavy atom. The van der Waals surface area contributed by atoms with Crippen molar-refractivity contribution >= 4 is 40.0 Å². The average molecular weight is 312 g/mol. The number of carbonyl (C=O) groups excluding carboxylic acids is 2. The average Bonchev–Trinajstić information content (AvgIpc) is 2.69. The van der Waals surface area contributed by atoms with Gasteiger partial charge in [-0.1, -0.05) is 6.92 Å². The summed E-state index contributed by atoms with van der Waals surface area (Å²) < 4.78 is 4.97. The first-order chi connectivity index (χ1) is 9.54. The summed E-state index contributed by atoms with van der Waals surface area (Å²) in [6.07, 6.45) is 1.14. The van der Waals surface area contributed by atoms with E-state index in [1.165, 1.54) is 0 Å². The first-order valence-electron chi connectivity index (χ1n) is 6.21. The van der Waals surface area contributed by atoms with Gasteiger partial charge in [0.05, 0.1) is 11.5 Å². The van der Waals surface area contributed by atoms with E-state index in [1.807, 2.05) is 12.3 Å². The number of amides is 1. The van der Waals surface area contributed by atoms with Crippen LogP contribution in [0.3, 0.4) is 0 Å². The fraction of sp³-hybridized carbons (Fsp3) is 0.462. The van der Waals surface area contributed by atoms with Crippen LogP contribution in [-0.4, -0.2) is 18.5 Å². The number of ether oxygens (including phenoxy) is 1. The van der Waals surface area contributed by atoms with Crippen LogP contribution in [0.15, 0.2) is 4.90 Å².